The zero-order chi connectivity index (χ0) is 22.5. The molecule has 1 amide bonds. The third-order valence-corrected chi connectivity index (χ3v) is 8.39. The van der Waals surface area contributed by atoms with Crippen molar-refractivity contribution in [2.45, 2.75) is 39.2 Å². The number of carbonyl (C=O) groups excluding carboxylic acids is 1. The predicted molar refractivity (Wildman–Crippen MR) is 124 cm³/mol. The second kappa shape index (κ2) is 7.99. The number of sulfone groups is 1. The zero-order valence-corrected chi connectivity index (χ0v) is 19.3. The molecule has 0 N–H and O–H groups in total. The highest BCUT2D eigenvalue weighted by molar-refractivity contribution is 7.91. The Balaban J connectivity index is 1.69. The van der Waals surface area contributed by atoms with Gasteiger partial charge in [0.1, 0.15) is 0 Å². The van der Waals surface area contributed by atoms with Crippen LogP contribution in [0.5, 0.6) is 0 Å². The third-order valence-electron chi connectivity index (χ3n) is 6.64. The summed E-state index contributed by atoms with van der Waals surface area (Å²) in [5, 5.41) is 5.43. The third kappa shape index (κ3) is 3.81. The van der Waals surface area contributed by atoms with Crippen molar-refractivity contribution in [2.24, 2.45) is 5.92 Å². The summed E-state index contributed by atoms with van der Waals surface area (Å²) in [6.07, 6.45) is 2.66. The SMILES string of the molecule is Cc1nn([C@@H]2CCS(=O)(=O)C2)c2nc(-c3ccccc3)cc(C(=O)N3CCC[C@@H](C)C3)c12. The van der Waals surface area contributed by atoms with E-state index in [1.165, 1.54) is 0 Å². The molecule has 168 valence electrons. The molecule has 32 heavy (non-hydrogen) atoms. The molecule has 0 spiro atoms. The second-order valence-electron chi connectivity index (χ2n) is 9.21. The van der Waals surface area contributed by atoms with Crippen LogP contribution in [0.3, 0.4) is 0 Å². The van der Waals surface area contributed by atoms with Gasteiger partial charge < -0.3 is 4.90 Å². The fourth-order valence-corrected chi connectivity index (χ4v) is 6.70. The first kappa shape index (κ1) is 21.1. The lowest BCUT2D eigenvalue weighted by Crippen LogP contribution is -2.39. The standard InChI is InChI=1S/C24H28N4O3S/c1-16-7-6-11-27(14-16)24(29)20-13-21(18-8-4-3-5-9-18)25-23-22(20)17(2)26-28(23)19-10-12-32(30,31)15-19/h3-5,8-9,13,16,19H,6-7,10-12,14-15H2,1-2H3/t16-,19-/m1/s1. The number of aromatic nitrogens is 3. The number of aryl methyl sites for hydroxylation is 1. The highest BCUT2D eigenvalue weighted by atomic mass is 32.2. The molecular weight excluding hydrogens is 424 g/mol. The lowest BCUT2D eigenvalue weighted by Gasteiger charge is -2.31. The number of benzene rings is 1. The number of pyridine rings is 1. The minimum absolute atomic E-state index is 0.00262. The maximum atomic E-state index is 13.7. The number of hydrogen-bond donors (Lipinski definition) is 0. The summed E-state index contributed by atoms with van der Waals surface area (Å²) in [4.78, 5) is 20.5. The first-order chi connectivity index (χ1) is 15.3. The Morgan fingerprint density at radius 3 is 2.62 bits per heavy atom. The van der Waals surface area contributed by atoms with Crippen LogP contribution in [0.15, 0.2) is 36.4 Å². The molecule has 4 heterocycles. The molecule has 8 heteroatoms. The first-order valence-electron chi connectivity index (χ1n) is 11.3. The van der Waals surface area contributed by atoms with Gasteiger partial charge in [-0.3, -0.25) is 4.79 Å². The summed E-state index contributed by atoms with van der Waals surface area (Å²) in [6, 6.07) is 11.4. The monoisotopic (exact) mass is 452 g/mol. The van der Waals surface area contributed by atoms with E-state index in [2.05, 4.69) is 6.92 Å². The Kier molecular flexibility index (Phi) is 5.28. The summed E-state index contributed by atoms with van der Waals surface area (Å²) < 4.78 is 26.0. The maximum absolute atomic E-state index is 13.7. The van der Waals surface area contributed by atoms with Gasteiger partial charge >= 0.3 is 0 Å². The van der Waals surface area contributed by atoms with Crippen molar-refractivity contribution in [3.05, 3.63) is 47.7 Å². The molecule has 2 fully saturated rings. The van der Waals surface area contributed by atoms with Crippen LogP contribution in [0.2, 0.25) is 0 Å². The van der Waals surface area contributed by atoms with E-state index in [0.717, 1.165) is 36.9 Å². The average molecular weight is 453 g/mol. The van der Waals surface area contributed by atoms with Gasteiger partial charge in [0.2, 0.25) is 0 Å². The van der Waals surface area contributed by atoms with Gasteiger partial charge in [-0.1, -0.05) is 37.3 Å². The summed E-state index contributed by atoms with van der Waals surface area (Å²) in [6.45, 7) is 5.56. The largest absolute Gasteiger partial charge is 0.338 e. The summed E-state index contributed by atoms with van der Waals surface area (Å²) in [5.41, 5.74) is 3.53. The molecule has 2 aromatic heterocycles. The highest BCUT2D eigenvalue weighted by Crippen LogP contribution is 2.33. The number of piperidine rings is 1. The molecule has 1 aromatic carbocycles. The molecule has 2 atom stereocenters. The smallest absolute Gasteiger partial charge is 0.254 e. The molecular formula is C24H28N4O3S. The van der Waals surface area contributed by atoms with Crippen molar-refractivity contribution in [1.82, 2.24) is 19.7 Å². The van der Waals surface area contributed by atoms with E-state index in [-0.39, 0.29) is 23.5 Å². The van der Waals surface area contributed by atoms with Crippen molar-refractivity contribution in [1.29, 1.82) is 0 Å². The van der Waals surface area contributed by atoms with Gasteiger partial charge in [0, 0.05) is 18.7 Å². The molecule has 0 aliphatic carbocycles. The van der Waals surface area contributed by atoms with Crippen LogP contribution in [0, 0.1) is 12.8 Å². The van der Waals surface area contributed by atoms with Crippen LogP contribution < -0.4 is 0 Å². The molecule has 2 aliphatic rings. The Bertz CT molecular complexity index is 1280. The first-order valence-corrected chi connectivity index (χ1v) is 13.1. The zero-order valence-electron chi connectivity index (χ0n) is 18.5. The molecule has 2 aliphatic heterocycles. The summed E-state index contributed by atoms with van der Waals surface area (Å²) in [7, 11) is -3.08. The minimum atomic E-state index is -3.08. The van der Waals surface area contributed by atoms with Crippen LogP contribution in [-0.2, 0) is 9.84 Å². The molecule has 0 radical (unpaired) electrons. The van der Waals surface area contributed by atoms with Crippen LogP contribution in [-0.4, -0.2) is 58.6 Å². The molecule has 0 saturated carbocycles. The molecule has 3 aromatic rings. The van der Waals surface area contributed by atoms with Crippen molar-refractivity contribution < 1.29 is 13.2 Å². The quantitative estimate of drug-likeness (QED) is 0.606. The van der Waals surface area contributed by atoms with E-state index in [1.54, 1.807) is 4.68 Å². The van der Waals surface area contributed by atoms with E-state index < -0.39 is 9.84 Å². The maximum Gasteiger partial charge on any atom is 0.254 e. The molecule has 7 nitrogen and oxygen atoms in total. The van der Waals surface area contributed by atoms with Crippen LogP contribution in [0.25, 0.3) is 22.3 Å². The van der Waals surface area contributed by atoms with Gasteiger partial charge in [-0.05, 0) is 38.2 Å². The number of fused-ring (bicyclic) bond motifs is 1. The van der Waals surface area contributed by atoms with Gasteiger partial charge in [-0.25, -0.2) is 18.1 Å². The lowest BCUT2D eigenvalue weighted by atomic mass is 9.98. The molecule has 0 bridgehead atoms. The van der Waals surface area contributed by atoms with E-state index >= 15 is 0 Å². The van der Waals surface area contributed by atoms with Gasteiger partial charge in [0.15, 0.2) is 15.5 Å². The Morgan fingerprint density at radius 2 is 1.94 bits per heavy atom. The summed E-state index contributed by atoms with van der Waals surface area (Å²) in [5.74, 6) is 0.704. The van der Waals surface area contributed by atoms with Gasteiger partial charge in [0.05, 0.1) is 39.9 Å². The second-order valence-corrected chi connectivity index (χ2v) is 11.4. The van der Waals surface area contributed by atoms with Gasteiger partial charge in [-0.15, -0.1) is 0 Å². The number of rotatable bonds is 3. The Labute approximate surface area is 188 Å². The molecule has 2 saturated heterocycles. The predicted octanol–water partition coefficient (Wildman–Crippen LogP) is 3.64. The highest BCUT2D eigenvalue weighted by Gasteiger charge is 2.33. The number of carbonyl (C=O) groups is 1. The normalized spacial score (nSPS) is 23.0. The van der Waals surface area contributed by atoms with Crippen molar-refractivity contribution in [2.75, 3.05) is 24.6 Å². The van der Waals surface area contributed by atoms with Crippen molar-refractivity contribution in [3.63, 3.8) is 0 Å². The van der Waals surface area contributed by atoms with E-state index in [9.17, 15) is 13.2 Å². The fourth-order valence-electron chi connectivity index (χ4n) is 5.01. The number of amides is 1. The van der Waals surface area contributed by atoms with Crippen LogP contribution >= 0.6 is 0 Å². The topological polar surface area (TPSA) is 85.2 Å². The lowest BCUT2D eigenvalue weighted by molar-refractivity contribution is 0.0685. The fraction of sp³-hybridized carbons (Fsp3) is 0.458. The van der Waals surface area contributed by atoms with E-state index in [1.807, 2.05) is 48.2 Å². The van der Waals surface area contributed by atoms with Gasteiger partial charge in [-0.2, -0.15) is 5.10 Å². The number of nitrogens with zero attached hydrogens (tertiary/aromatic N) is 4. The Hall–Kier alpha value is -2.74. The Morgan fingerprint density at radius 1 is 1.16 bits per heavy atom. The number of hydrogen-bond acceptors (Lipinski definition) is 5. The van der Waals surface area contributed by atoms with Crippen molar-refractivity contribution in [3.8, 4) is 11.3 Å². The van der Waals surface area contributed by atoms with Crippen molar-refractivity contribution >= 4 is 26.8 Å². The average Bonchev–Trinajstić information content (AvgIpc) is 3.32. The van der Waals surface area contributed by atoms with Crippen LogP contribution in [0.1, 0.15) is 48.3 Å². The van der Waals surface area contributed by atoms with E-state index in [0.29, 0.717) is 34.9 Å². The van der Waals surface area contributed by atoms with E-state index in [4.69, 9.17) is 10.1 Å². The molecule has 0 unspecified atom stereocenters. The van der Waals surface area contributed by atoms with Crippen LogP contribution in [0.4, 0.5) is 0 Å². The minimum Gasteiger partial charge on any atom is -0.338 e. The number of likely N-dealkylation sites (tertiary alicyclic amines) is 1. The van der Waals surface area contributed by atoms with Gasteiger partial charge in [0.25, 0.3) is 5.91 Å². The summed E-state index contributed by atoms with van der Waals surface area (Å²) >= 11 is 0. The molecule has 5 rings (SSSR count).